The van der Waals surface area contributed by atoms with Crippen LogP contribution >= 0.6 is 15.9 Å². The molecule has 4 aromatic rings. The largest absolute Gasteiger partial charge is 0.439 e. The summed E-state index contributed by atoms with van der Waals surface area (Å²) < 4.78 is 14.7. The smallest absolute Gasteiger partial charge is 0.410 e. The molecule has 0 radical (unpaired) electrons. The van der Waals surface area contributed by atoms with E-state index in [1.54, 1.807) is 4.90 Å². The number of ether oxygens (including phenoxy) is 2. The topological polar surface area (TPSA) is 102 Å². The summed E-state index contributed by atoms with van der Waals surface area (Å²) in [5.74, 6) is 0. The molecule has 6 rings (SSSR count). The van der Waals surface area contributed by atoms with Crippen LogP contribution in [-0.2, 0) is 29.2 Å². The number of fused-ring (bicyclic) bond motifs is 2. The summed E-state index contributed by atoms with van der Waals surface area (Å²) in [5, 5.41) is 8.79. The molecule has 1 fully saturated rings. The van der Waals surface area contributed by atoms with Crippen LogP contribution in [0.25, 0.3) is 10.9 Å². The molecule has 0 spiro atoms. The molecule has 1 N–H and O–H groups in total. The van der Waals surface area contributed by atoms with Crippen LogP contribution in [0.5, 0.6) is 0 Å². The Morgan fingerprint density at radius 3 is 2.66 bits per heavy atom. The number of piperidine rings is 1. The van der Waals surface area contributed by atoms with Gasteiger partial charge in [-0.1, -0.05) is 50.0 Å². The van der Waals surface area contributed by atoms with Gasteiger partial charge in [0.2, 0.25) is 0 Å². The van der Waals surface area contributed by atoms with Crippen molar-refractivity contribution in [2.24, 2.45) is 0 Å². The number of urea groups is 1. The average molecular weight is 720 g/mol. The van der Waals surface area contributed by atoms with Gasteiger partial charge in [-0.05, 0) is 82.7 Å². The van der Waals surface area contributed by atoms with Gasteiger partial charge in [-0.3, -0.25) is 0 Å². The quantitative estimate of drug-likeness (QED) is 0.102. The third-order valence-electron chi connectivity index (χ3n) is 8.88. The zero-order valence-electron chi connectivity index (χ0n) is 27.5. The second kappa shape index (κ2) is 14.2. The van der Waals surface area contributed by atoms with Crippen molar-refractivity contribution in [3.8, 4) is 0 Å². The summed E-state index contributed by atoms with van der Waals surface area (Å²) in [7, 11) is -1.16. The SMILES string of the molecule is Cc1cc(CC(OC(=O)N2CCC(N3Cc4ccccc4NC3=O)CC2)c2cccc(Br)n2)cc2cn(COCC[Si](C)(C)C)nc12. The number of pyridine rings is 1. The van der Waals surface area contributed by atoms with E-state index in [2.05, 4.69) is 64.9 Å². The Hall–Kier alpha value is -3.74. The Morgan fingerprint density at radius 2 is 1.89 bits per heavy atom. The Kier molecular flexibility index (Phi) is 10.00. The Balaban J connectivity index is 1.12. The van der Waals surface area contributed by atoms with Gasteiger partial charge in [0.1, 0.15) is 17.4 Å². The summed E-state index contributed by atoms with van der Waals surface area (Å²) in [6.45, 7) is 11.8. The van der Waals surface area contributed by atoms with Gasteiger partial charge in [0, 0.05) is 64.0 Å². The predicted octanol–water partition coefficient (Wildman–Crippen LogP) is 7.75. The molecule has 2 aliphatic heterocycles. The van der Waals surface area contributed by atoms with Crippen molar-refractivity contribution >= 4 is 52.7 Å². The molecule has 2 aromatic heterocycles. The molecule has 0 aliphatic carbocycles. The molecule has 2 aromatic carbocycles. The maximum Gasteiger partial charge on any atom is 0.410 e. The van der Waals surface area contributed by atoms with Crippen molar-refractivity contribution in [3.63, 3.8) is 0 Å². The molecule has 4 heterocycles. The molecule has 0 bridgehead atoms. The van der Waals surface area contributed by atoms with Crippen LogP contribution in [0.2, 0.25) is 25.7 Å². The first-order chi connectivity index (χ1) is 22.5. The van der Waals surface area contributed by atoms with E-state index in [0.29, 0.717) is 55.9 Å². The van der Waals surface area contributed by atoms with Crippen molar-refractivity contribution in [1.29, 1.82) is 0 Å². The van der Waals surface area contributed by atoms with E-state index >= 15 is 0 Å². The number of halogens is 1. The van der Waals surface area contributed by atoms with E-state index in [0.717, 1.165) is 45.9 Å². The number of para-hydroxylation sites is 1. The Morgan fingerprint density at radius 1 is 1.11 bits per heavy atom. The monoisotopic (exact) mass is 718 g/mol. The van der Waals surface area contributed by atoms with Crippen molar-refractivity contribution in [2.45, 2.75) is 77.3 Å². The van der Waals surface area contributed by atoms with Gasteiger partial charge in [0.25, 0.3) is 0 Å². The fourth-order valence-electron chi connectivity index (χ4n) is 6.25. The Bertz CT molecular complexity index is 1750. The van der Waals surface area contributed by atoms with E-state index in [-0.39, 0.29) is 18.2 Å². The first kappa shape index (κ1) is 33.2. The molecule has 0 saturated carbocycles. The third-order valence-corrected chi connectivity index (χ3v) is 11.0. The lowest BCUT2D eigenvalue weighted by Gasteiger charge is -2.40. The highest BCUT2D eigenvalue weighted by Gasteiger charge is 2.34. The molecule has 1 atom stereocenters. The average Bonchev–Trinajstić information content (AvgIpc) is 3.45. The lowest BCUT2D eigenvalue weighted by Crippen LogP contribution is -2.51. The van der Waals surface area contributed by atoms with E-state index in [4.69, 9.17) is 14.6 Å². The van der Waals surface area contributed by atoms with Crippen LogP contribution in [0.3, 0.4) is 0 Å². The highest BCUT2D eigenvalue weighted by molar-refractivity contribution is 9.10. The molecule has 2 aliphatic rings. The number of aryl methyl sites for hydroxylation is 1. The number of nitrogens with one attached hydrogen (secondary N) is 1. The van der Waals surface area contributed by atoms with Crippen LogP contribution in [0.4, 0.5) is 15.3 Å². The fraction of sp³-hybridized carbons (Fsp3) is 0.429. The second-order valence-corrected chi connectivity index (χ2v) is 20.2. The summed E-state index contributed by atoms with van der Waals surface area (Å²) in [5.41, 5.74) is 5.67. The van der Waals surface area contributed by atoms with Crippen LogP contribution in [0, 0.1) is 6.92 Å². The maximum absolute atomic E-state index is 13.6. The molecular formula is C35H43BrN6O4Si. The minimum atomic E-state index is -1.16. The normalized spacial score (nSPS) is 16.2. The summed E-state index contributed by atoms with van der Waals surface area (Å²) >= 11 is 3.48. The van der Waals surface area contributed by atoms with E-state index in [1.165, 1.54) is 0 Å². The molecule has 12 heteroatoms. The zero-order chi connectivity index (χ0) is 33.1. The van der Waals surface area contributed by atoms with Gasteiger partial charge >= 0.3 is 12.1 Å². The summed E-state index contributed by atoms with van der Waals surface area (Å²) in [6.07, 6.45) is 2.90. The van der Waals surface area contributed by atoms with Crippen LogP contribution in [-0.4, -0.2) is 70.5 Å². The number of rotatable bonds is 10. The van der Waals surface area contributed by atoms with Gasteiger partial charge in [0.15, 0.2) is 0 Å². The van der Waals surface area contributed by atoms with Gasteiger partial charge in [-0.25, -0.2) is 19.3 Å². The number of carbonyl (C=O) groups excluding carboxylic acids is 2. The number of likely N-dealkylation sites (tertiary alicyclic amines) is 1. The van der Waals surface area contributed by atoms with Crippen molar-refractivity contribution < 1.29 is 19.1 Å². The Labute approximate surface area is 285 Å². The zero-order valence-corrected chi connectivity index (χ0v) is 30.1. The maximum atomic E-state index is 13.6. The second-order valence-electron chi connectivity index (χ2n) is 13.8. The number of carbonyl (C=O) groups is 2. The van der Waals surface area contributed by atoms with Crippen molar-refractivity contribution in [3.05, 3.63) is 87.8 Å². The molecule has 3 amide bonds. The van der Waals surface area contributed by atoms with Crippen LogP contribution in [0.1, 0.15) is 41.3 Å². The van der Waals surface area contributed by atoms with E-state index in [9.17, 15) is 9.59 Å². The van der Waals surface area contributed by atoms with Gasteiger partial charge in [-0.2, -0.15) is 5.10 Å². The van der Waals surface area contributed by atoms with E-state index in [1.807, 2.05) is 58.2 Å². The highest BCUT2D eigenvalue weighted by Crippen LogP contribution is 2.30. The molecule has 1 saturated heterocycles. The first-order valence-electron chi connectivity index (χ1n) is 16.3. The number of nitrogens with zero attached hydrogens (tertiary/aromatic N) is 5. The molecule has 10 nitrogen and oxygen atoms in total. The lowest BCUT2D eigenvalue weighted by atomic mass is 10.0. The van der Waals surface area contributed by atoms with Crippen molar-refractivity contribution in [2.75, 3.05) is 25.0 Å². The van der Waals surface area contributed by atoms with Crippen LogP contribution in [0.15, 0.2) is 65.4 Å². The number of aromatic nitrogens is 3. The minimum absolute atomic E-state index is 0.0521. The molecule has 248 valence electrons. The molecule has 1 unspecified atom stereocenters. The first-order valence-corrected chi connectivity index (χ1v) is 20.8. The van der Waals surface area contributed by atoms with Crippen molar-refractivity contribution in [1.82, 2.24) is 24.6 Å². The lowest BCUT2D eigenvalue weighted by molar-refractivity contribution is 0.0463. The summed E-state index contributed by atoms with van der Waals surface area (Å²) in [6, 6.07) is 18.8. The number of anilines is 1. The van der Waals surface area contributed by atoms with E-state index < -0.39 is 14.2 Å². The number of hydrogen-bond donors (Lipinski definition) is 1. The van der Waals surface area contributed by atoms with Gasteiger partial charge in [-0.15, -0.1) is 0 Å². The minimum Gasteiger partial charge on any atom is -0.439 e. The standard InChI is InChI=1S/C35H43BrN6O4Si/c1-24-18-25(19-27-21-41(39-33(24)27)23-45-16-17-47(2,3)4)20-31(30-10-7-11-32(36)37-30)46-35(44)40-14-12-28(13-15-40)42-22-26-8-5-6-9-29(26)38-34(42)43/h5-11,18-19,21,28,31H,12-17,20,22-23H2,1-4H3,(H,38,43). The fourth-order valence-corrected chi connectivity index (χ4v) is 7.37. The van der Waals surface area contributed by atoms with Crippen LogP contribution < -0.4 is 5.32 Å². The molecular weight excluding hydrogens is 676 g/mol. The van der Waals surface area contributed by atoms with Gasteiger partial charge in [0.05, 0.1) is 11.2 Å². The number of hydrogen-bond acceptors (Lipinski definition) is 6. The third kappa shape index (κ3) is 8.22. The highest BCUT2D eigenvalue weighted by atomic mass is 79.9. The van der Waals surface area contributed by atoms with Gasteiger partial charge < -0.3 is 24.6 Å². The predicted molar refractivity (Wildman–Crippen MR) is 189 cm³/mol. The summed E-state index contributed by atoms with van der Waals surface area (Å²) in [4.78, 5) is 34.7. The molecule has 47 heavy (non-hydrogen) atoms. The number of amides is 3. The number of benzene rings is 2.